The summed E-state index contributed by atoms with van der Waals surface area (Å²) in [4.78, 5) is 16.9. The van der Waals surface area contributed by atoms with Gasteiger partial charge in [0.25, 0.3) is 5.91 Å². The van der Waals surface area contributed by atoms with Gasteiger partial charge in [0.2, 0.25) is 0 Å². The van der Waals surface area contributed by atoms with Gasteiger partial charge < -0.3 is 10.6 Å². The first kappa shape index (κ1) is 16.3. The van der Waals surface area contributed by atoms with Crippen LogP contribution in [0.25, 0.3) is 0 Å². The molecule has 1 aromatic carbocycles. The second-order valence-electron chi connectivity index (χ2n) is 6.06. The van der Waals surface area contributed by atoms with Crippen molar-refractivity contribution in [3.8, 4) is 0 Å². The lowest BCUT2D eigenvalue weighted by atomic mass is 10.1. The van der Waals surface area contributed by atoms with Gasteiger partial charge in [-0.15, -0.1) is 0 Å². The number of hydrogen-bond acceptors (Lipinski definition) is 3. The fourth-order valence-electron chi connectivity index (χ4n) is 2.49. The van der Waals surface area contributed by atoms with E-state index in [2.05, 4.69) is 34.7 Å². The van der Waals surface area contributed by atoms with Gasteiger partial charge in [-0.3, -0.25) is 9.69 Å². The Hall–Kier alpha value is -1.07. The molecule has 1 saturated heterocycles. The molecule has 4 nitrogen and oxygen atoms in total. The molecule has 1 fully saturated rings. The molecule has 1 aliphatic heterocycles. The monoisotopic (exact) mass is 353 g/mol. The molecule has 1 heterocycles. The average molecular weight is 354 g/mol. The molecule has 5 heteroatoms. The SMILES string of the molecule is CC(C)CCN1CCN(C(=O)c2cc(N)ccc2Br)CC1. The molecule has 1 amide bonds. The fourth-order valence-corrected chi connectivity index (χ4v) is 2.91. The molecule has 1 aromatic rings. The standard InChI is InChI=1S/C16H24BrN3O/c1-12(2)5-6-19-7-9-20(10-8-19)16(21)14-11-13(18)3-4-15(14)17/h3-4,11-12H,5-10,18H2,1-2H3. The van der Waals surface area contributed by atoms with Crippen molar-refractivity contribution in [2.45, 2.75) is 20.3 Å². The number of nitrogen functional groups attached to an aromatic ring is 1. The lowest BCUT2D eigenvalue weighted by molar-refractivity contribution is 0.0631. The first-order chi connectivity index (χ1) is 9.97. The van der Waals surface area contributed by atoms with Gasteiger partial charge in [0.1, 0.15) is 0 Å². The maximum absolute atomic E-state index is 12.6. The predicted octanol–water partition coefficient (Wildman–Crippen LogP) is 2.84. The van der Waals surface area contributed by atoms with Crippen LogP contribution in [0.1, 0.15) is 30.6 Å². The van der Waals surface area contributed by atoms with Gasteiger partial charge in [-0.1, -0.05) is 13.8 Å². The third-order valence-electron chi connectivity index (χ3n) is 3.90. The summed E-state index contributed by atoms with van der Waals surface area (Å²) in [6, 6.07) is 5.38. The van der Waals surface area contributed by atoms with Crippen LogP contribution >= 0.6 is 15.9 Å². The topological polar surface area (TPSA) is 49.6 Å². The van der Waals surface area contributed by atoms with Crippen molar-refractivity contribution >= 4 is 27.5 Å². The van der Waals surface area contributed by atoms with E-state index in [-0.39, 0.29) is 5.91 Å². The lowest BCUT2D eigenvalue weighted by Gasteiger charge is -2.35. The number of piperazine rings is 1. The number of nitrogens with two attached hydrogens (primary N) is 1. The maximum Gasteiger partial charge on any atom is 0.255 e. The molecular weight excluding hydrogens is 330 g/mol. The van der Waals surface area contributed by atoms with Crippen molar-refractivity contribution in [2.24, 2.45) is 5.92 Å². The van der Waals surface area contributed by atoms with Crippen molar-refractivity contribution in [2.75, 3.05) is 38.5 Å². The van der Waals surface area contributed by atoms with E-state index in [1.54, 1.807) is 12.1 Å². The maximum atomic E-state index is 12.6. The molecule has 2 N–H and O–H groups in total. The van der Waals surface area contributed by atoms with Gasteiger partial charge in [-0.05, 0) is 53.0 Å². The summed E-state index contributed by atoms with van der Waals surface area (Å²) < 4.78 is 0.809. The molecule has 21 heavy (non-hydrogen) atoms. The summed E-state index contributed by atoms with van der Waals surface area (Å²) in [7, 11) is 0. The van der Waals surface area contributed by atoms with E-state index in [9.17, 15) is 4.79 Å². The summed E-state index contributed by atoms with van der Waals surface area (Å²) in [6.45, 7) is 9.11. The summed E-state index contributed by atoms with van der Waals surface area (Å²) in [5, 5.41) is 0. The zero-order valence-corrected chi connectivity index (χ0v) is 14.4. The molecule has 2 rings (SSSR count). The minimum Gasteiger partial charge on any atom is -0.399 e. The Bertz CT molecular complexity index is 496. The van der Waals surface area contributed by atoms with Gasteiger partial charge in [-0.25, -0.2) is 0 Å². The smallest absolute Gasteiger partial charge is 0.255 e. The van der Waals surface area contributed by atoms with Crippen LogP contribution in [-0.4, -0.2) is 48.4 Å². The van der Waals surface area contributed by atoms with E-state index < -0.39 is 0 Å². The largest absolute Gasteiger partial charge is 0.399 e. The van der Waals surface area contributed by atoms with E-state index >= 15 is 0 Å². The van der Waals surface area contributed by atoms with Gasteiger partial charge in [0, 0.05) is 36.3 Å². The number of amides is 1. The van der Waals surface area contributed by atoms with E-state index in [1.165, 1.54) is 6.42 Å². The van der Waals surface area contributed by atoms with Crippen LogP contribution in [0.15, 0.2) is 22.7 Å². The van der Waals surface area contributed by atoms with E-state index in [0.717, 1.165) is 43.1 Å². The van der Waals surface area contributed by atoms with Gasteiger partial charge in [0.05, 0.1) is 5.56 Å². The zero-order valence-electron chi connectivity index (χ0n) is 12.8. The molecule has 0 bridgehead atoms. The second kappa shape index (κ2) is 7.27. The van der Waals surface area contributed by atoms with Crippen LogP contribution in [-0.2, 0) is 0 Å². The molecule has 0 aromatic heterocycles. The summed E-state index contributed by atoms with van der Waals surface area (Å²) >= 11 is 3.44. The number of nitrogens with zero attached hydrogens (tertiary/aromatic N) is 2. The van der Waals surface area contributed by atoms with Crippen LogP contribution in [0.3, 0.4) is 0 Å². The number of benzene rings is 1. The Morgan fingerprint density at radius 2 is 1.95 bits per heavy atom. The molecule has 116 valence electrons. The number of rotatable bonds is 4. The van der Waals surface area contributed by atoms with E-state index in [4.69, 9.17) is 5.73 Å². The lowest BCUT2D eigenvalue weighted by Crippen LogP contribution is -2.49. The third-order valence-corrected chi connectivity index (χ3v) is 4.59. The average Bonchev–Trinajstić information content (AvgIpc) is 2.47. The Morgan fingerprint density at radius 1 is 1.29 bits per heavy atom. The molecule has 0 saturated carbocycles. The zero-order chi connectivity index (χ0) is 15.4. The number of halogens is 1. The van der Waals surface area contributed by atoms with Crippen LogP contribution in [0.2, 0.25) is 0 Å². The quantitative estimate of drug-likeness (QED) is 0.846. The van der Waals surface area contributed by atoms with E-state index in [1.807, 2.05) is 11.0 Å². The fraction of sp³-hybridized carbons (Fsp3) is 0.562. The number of carbonyl (C=O) groups excluding carboxylic acids is 1. The highest BCUT2D eigenvalue weighted by Gasteiger charge is 2.23. The van der Waals surface area contributed by atoms with Crippen LogP contribution < -0.4 is 5.73 Å². The molecule has 0 spiro atoms. The third kappa shape index (κ3) is 4.45. The minimum absolute atomic E-state index is 0.0673. The number of carbonyl (C=O) groups is 1. The highest BCUT2D eigenvalue weighted by atomic mass is 79.9. The van der Waals surface area contributed by atoms with Gasteiger partial charge in [-0.2, -0.15) is 0 Å². The second-order valence-corrected chi connectivity index (χ2v) is 6.91. The Kier molecular flexibility index (Phi) is 5.65. The number of anilines is 1. The van der Waals surface area contributed by atoms with E-state index in [0.29, 0.717) is 11.3 Å². The molecule has 0 atom stereocenters. The van der Waals surface area contributed by atoms with Crippen molar-refractivity contribution in [3.63, 3.8) is 0 Å². The summed E-state index contributed by atoms with van der Waals surface area (Å²) in [5.41, 5.74) is 7.07. The minimum atomic E-state index is 0.0673. The predicted molar refractivity (Wildman–Crippen MR) is 90.4 cm³/mol. The van der Waals surface area contributed by atoms with Gasteiger partial charge >= 0.3 is 0 Å². The molecule has 1 aliphatic rings. The normalized spacial score (nSPS) is 16.5. The Balaban J connectivity index is 1.92. The van der Waals surface area contributed by atoms with Crippen molar-refractivity contribution in [1.82, 2.24) is 9.80 Å². The first-order valence-corrected chi connectivity index (χ1v) is 8.33. The summed E-state index contributed by atoms with van der Waals surface area (Å²) in [6.07, 6.45) is 1.22. The molecular formula is C16H24BrN3O. The molecule has 0 aliphatic carbocycles. The van der Waals surface area contributed by atoms with Gasteiger partial charge in [0.15, 0.2) is 0 Å². The molecule has 0 radical (unpaired) electrons. The summed E-state index contributed by atoms with van der Waals surface area (Å²) in [5.74, 6) is 0.797. The Morgan fingerprint density at radius 3 is 2.57 bits per heavy atom. The Labute approximate surface area is 135 Å². The molecule has 0 unspecified atom stereocenters. The van der Waals surface area contributed by atoms with Crippen LogP contribution in [0.5, 0.6) is 0 Å². The first-order valence-electron chi connectivity index (χ1n) is 7.54. The van der Waals surface area contributed by atoms with Crippen molar-refractivity contribution in [3.05, 3.63) is 28.2 Å². The van der Waals surface area contributed by atoms with Crippen LogP contribution in [0, 0.1) is 5.92 Å². The number of hydrogen-bond donors (Lipinski definition) is 1. The highest BCUT2D eigenvalue weighted by molar-refractivity contribution is 9.10. The van der Waals surface area contributed by atoms with Crippen LogP contribution in [0.4, 0.5) is 5.69 Å². The van der Waals surface area contributed by atoms with Crippen molar-refractivity contribution in [1.29, 1.82) is 0 Å². The highest BCUT2D eigenvalue weighted by Crippen LogP contribution is 2.22. The van der Waals surface area contributed by atoms with Crippen molar-refractivity contribution < 1.29 is 4.79 Å².